The normalized spacial score (nSPS) is 11.0. The Kier molecular flexibility index (Phi) is 5.66. The third-order valence-electron chi connectivity index (χ3n) is 2.35. The van der Waals surface area contributed by atoms with Gasteiger partial charge in [-0.25, -0.2) is 9.59 Å². The molecule has 1 aromatic carbocycles. The molecule has 2 N–H and O–H groups in total. The molecule has 0 aliphatic rings. The Morgan fingerprint density at radius 1 is 1.20 bits per heavy atom. The topological polar surface area (TPSA) is 93.1 Å². The molecule has 6 nitrogen and oxygen atoms in total. The van der Waals surface area contributed by atoms with E-state index in [9.17, 15) is 9.59 Å². The van der Waals surface area contributed by atoms with Crippen molar-refractivity contribution in [2.45, 2.75) is 32.7 Å². The van der Waals surface area contributed by atoms with Gasteiger partial charge in [-0.05, 0) is 24.6 Å². The molecule has 0 saturated carbocycles. The van der Waals surface area contributed by atoms with Gasteiger partial charge in [0.05, 0.1) is 17.7 Å². The van der Waals surface area contributed by atoms with Gasteiger partial charge in [-0.15, -0.1) is 0 Å². The van der Waals surface area contributed by atoms with Crippen molar-refractivity contribution in [1.82, 2.24) is 0 Å². The van der Waals surface area contributed by atoms with E-state index in [-0.39, 0.29) is 11.1 Å². The average Bonchev–Trinajstić information content (AvgIpc) is 2.37. The summed E-state index contributed by atoms with van der Waals surface area (Å²) in [6.45, 7) is 3.20. The first kappa shape index (κ1) is 16.1. The number of carbonyl (C=O) groups excluding carboxylic acids is 2. The fraction of sp³-hybridized carbons (Fsp3) is 0.429. The lowest BCUT2D eigenvalue weighted by Crippen LogP contribution is -2.30. The van der Waals surface area contributed by atoms with Crippen LogP contribution in [-0.4, -0.2) is 34.7 Å². The van der Waals surface area contributed by atoms with E-state index in [2.05, 4.69) is 4.74 Å². The predicted octanol–water partition coefficient (Wildman–Crippen LogP) is 1.46. The Morgan fingerprint density at radius 2 is 1.80 bits per heavy atom. The molecule has 0 heterocycles. The van der Waals surface area contributed by atoms with Gasteiger partial charge >= 0.3 is 17.9 Å². The molecule has 110 valence electrons. The fourth-order valence-corrected chi connectivity index (χ4v) is 1.40. The molecule has 1 rings (SSSR count). The summed E-state index contributed by atoms with van der Waals surface area (Å²) >= 11 is 0. The van der Waals surface area contributed by atoms with Crippen molar-refractivity contribution in [2.75, 3.05) is 6.61 Å². The summed E-state index contributed by atoms with van der Waals surface area (Å²) in [6.07, 6.45) is 1.67. The maximum atomic E-state index is 11.7. The van der Waals surface area contributed by atoms with E-state index in [1.54, 1.807) is 0 Å². The monoisotopic (exact) mass is 282 g/mol. The van der Waals surface area contributed by atoms with Crippen LogP contribution < -0.4 is 0 Å². The minimum Gasteiger partial charge on any atom is -0.462 e. The molecule has 6 heteroatoms. The van der Waals surface area contributed by atoms with Crippen LogP contribution in [-0.2, 0) is 9.47 Å². The van der Waals surface area contributed by atoms with E-state index in [1.807, 2.05) is 6.92 Å². The molecule has 1 aromatic rings. The SMILES string of the molecule is CCCCOC(=O)c1cccc(C(=O)OC(C)(O)O)c1. The second-order valence-electron chi connectivity index (χ2n) is 4.39. The summed E-state index contributed by atoms with van der Waals surface area (Å²) in [5.74, 6) is -4.04. The second-order valence-corrected chi connectivity index (χ2v) is 4.39. The maximum absolute atomic E-state index is 11.7. The van der Waals surface area contributed by atoms with Crippen LogP contribution in [0.5, 0.6) is 0 Å². The van der Waals surface area contributed by atoms with Crippen molar-refractivity contribution in [3.8, 4) is 0 Å². The summed E-state index contributed by atoms with van der Waals surface area (Å²) in [7, 11) is 0. The van der Waals surface area contributed by atoms with Crippen molar-refractivity contribution in [1.29, 1.82) is 0 Å². The van der Waals surface area contributed by atoms with Crippen LogP contribution in [0.1, 0.15) is 47.4 Å². The number of esters is 2. The van der Waals surface area contributed by atoms with E-state index in [0.717, 1.165) is 19.8 Å². The van der Waals surface area contributed by atoms with E-state index in [0.29, 0.717) is 6.61 Å². The Labute approximate surface area is 116 Å². The zero-order chi connectivity index (χ0) is 15.2. The fourth-order valence-electron chi connectivity index (χ4n) is 1.40. The van der Waals surface area contributed by atoms with E-state index in [1.165, 1.54) is 24.3 Å². The molecule has 0 fully saturated rings. The number of benzene rings is 1. The summed E-state index contributed by atoms with van der Waals surface area (Å²) in [5.41, 5.74) is 0.234. The Morgan fingerprint density at radius 3 is 2.35 bits per heavy atom. The molecule has 0 radical (unpaired) electrons. The molecular formula is C14H18O6. The van der Waals surface area contributed by atoms with Gasteiger partial charge in [0.15, 0.2) is 0 Å². The van der Waals surface area contributed by atoms with E-state index >= 15 is 0 Å². The Bertz CT molecular complexity index is 475. The number of unbranched alkanes of at least 4 members (excludes halogenated alkanes) is 1. The quantitative estimate of drug-likeness (QED) is 0.466. The first-order valence-corrected chi connectivity index (χ1v) is 6.28. The van der Waals surface area contributed by atoms with Crippen LogP contribution in [0.4, 0.5) is 0 Å². The van der Waals surface area contributed by atoms with Gasteiger partial charge in [0.25, 0.3) is 0 Å². The highest BCUT2D eigenvalue weighted by Gasteiger charge is 2.22. The van der Waals surface area contributed by atoms with E-state index in [4.69, 9.17) is 14.9 Å². The lowest BCUT2D eigenvalue weighted by atomic mass is 10.1. The van der Waals surface area contributed by atoms with Crippen molar-refractivity contribution in [2.24, 2.45) is 0 Å². The molecule has 0 aromatic heterocycles. The van der Waals surface area contributed by atoms with Gasteiger partial charge in [0.2, 0.25) is 0 Å². The molecule has 0 spiro atoms. The lowest BCUT2D eigenvalue weighted by Gasteiger charge is -2.16. The summed E-state index contributed by atoms with van der Waals surface area (Å²) in [6, 6.07) is 5.67. The smallest absolute Gasteiger partial charge is 0.342 e. The van der Waals surface area contributed by atoms with Crippen LogP contribution in [0.3, 0.4) is 0 Å². The molecule has 0 aliphatic heterocycles. The number of hydrogen-bond acceptors (Lipinski definition) is 6. The van der Waals surface area contributed by atoms with Gasteiger partial charge in [0, 0.05) is 6.92 Å². The minimum atomic E-state index is -2.56. The van der Waals surface area contributed by atoms with Crippen LogP contribution in [0.25, 0.3) is 0 Å². The second kappa shape index (κ2) is 7.02. The molecule has 0 amide bonds. The molecule has 0 aliphatic carbocycles. The number of carbonyl (C=O) groups is 2. The predicted molar refractivity (Wildman–Crippen MR) is 69.9 cm³/mol. The van der Waals surface area contributed by atoms with Gasteiger partial charge in [-0.3, -0.25) is 0 Å². The molecular weight excluding hydrogens is 264 g/mol. The lowest BCUT2D eigenvalue weighted by molar-refractivity contribution is -0.293. The highest BCUT2D eigenvalue weighted by molar-refractivity contribution is 5.95. The highest BCUT2D eigenvalue weighted by atomic mass is 16.8. The first-order valence-electron chi connectivity index (χ1n) is 6.28. The van der Waals surface area contributed by atoms with Crippen LogP contribution >= 0.6 is 0 Å². The summed E-state index contributed by atoms with van der Waals surface area (Å²) < 4.78 is 9.39. The van der Waals surface area contributed by atoms with Crippen LogP contribution in [0, 0.1) is 0 Å². The van der Waals surface area contributed by atoms with Crippen LogP contribution in [0.15, 0.2) is 24.3 Å². The average molecular weight is 282 g/mol. The van der Waals surface area contributed by atoms with Gasteiger partial charge in [-0.1, -0.05) is 19.4 Å². The largest absolute Gasteiger partial charge is 0.462 e. The Balaban J connectivity index is 2.75. The third kappa shape index (κ3) is 5.38. The van der Waals surface area contributed by atoms with Crippen molar-refractivity contribution >= 4 is 11.9 Å². The number of aliphatic hydroxyl groups is 2. The molecule has 0 unspecified atom stereocenters. The zero-order valence-corrected chi connectivity index (χ0v) is 11.5. The minimum absolute atomic E-state index is 0.0317. The summed E-state index contributed by atoms with van der Waals surface area (Å²) in [4.78, 5) is 23.3. The van der Waals surface area contributed by atoms with Gasteiger partial charge < -0.3 is 19.7 Å². The highest BCUT2D eigenvalue weighted by Crippen LogP contribution is 2.11. The molecule has 0 saturated heterocycles. The first-order chi connectivity index (χ1) is 9.33. The summed E-state index contributed by atoms with van der Waals surface area (Å²) in [5, 5.41) is 18.0. The van der Waals surface area contributed by atoms with Crippen molar-refractivity contribution in [3.05, 3.63) is 35.4 Å². The number of ether oxygens (including phenoxy) is 2. The Hall–Kier alpha value is -1.92. The van der Waals surface area contributed by atoms with Gasteiger partial charge in [0.1, 0.15) is 0 Å². The number of rotatable bonds is 6. The molecule has 0 atom stereocenters. The molecule has 0 bridgehead atoms. The van der Waals surface area contributed by atoms with Crippen LogP contribution in [0.2, 0.25) is 0 Å². The molecule has 20 heavy (non-hydrogen) atoms. The zero-order valence-electron chi connectivity index (χ0n) is 11.5. The maximum Gasteiger partial charge on any atom is 0.342 e. The van der Waals surface area contributed by atoms with Gasteiger partial charge in [-0.2, -0.15) is 0 Å². The van der Waals surface area contributed by atoms with Crippen molar-refractivity contribution < 1.29 is 29.3 Å². The van der Waals surface area contributed by atoms with Crippen molar-refractivity contribution in [3.63, 3.8) is 0 Å². The van der Waals surface area contributed by atoms with E-state index < -0.39 is 17.9 Å². The number of hydrogen-bond donors (Lipinski definition) is 2. The standard InChI is InChI=1S/C14H18O6/c1-3-4-8-19-12(15)10-6-5-7-11(9-10)13(16)20-14(2,17)18/h5-7,9,17-18H,3-4,8H2,1-2H3. The third-order valence-corrected chi connectivity index (χ3v) is 2.35.